The lowest BCUT2D eigenvalue weighted by molar-refractivity contribution is -0.141. The van der Waals surface area contributed by atoms with Crippen molar-refractivity contribution in [1.82, 2.24) is 30.3 Å². The van der Waals surface area contributed by atoms with Crippen LogP contribution in [-0.4, -0.2) is 42.8 Å². The third-order valence-electron chi connectivity index (χ3n) is 4.81. The first kappa shape index (κ1) is 25.9. The second-order valence-corrected chi connectivity index (χ2v) is 9.37. The Kier molecular flexibility index (Phi) is 6.99. The van der Waals surface area contributed by atoms with E-state index in [9.17, 15) is 22.8 Å². The van der Waals surface area contributed by atoms with Crippen molar-refractivity contribution in [3.63, 3.8) is 0 Å². The maximum Gasteiger partial charge on any atom is 0.435 e. The van der Waals surface area contributed by atoms with Gasteiger partial charge < -0.3 is 10.6 Å². The van der Waals surface area contributed by atoms with Crippen molar-refractivity contribution in [3.8, 4) is 5.82 Å². The first-order valence-corrected chi connectivity index (χ1v) is 11.7. The molecule has 3 heterocycles. The highest BCUT2D eigenvalue weighted by Crippen LogP contribution is 2.37. The molecule has 4 rings (SSSR count). The molecular formula is C21H15BrCl2F3N7O2. The summed E-state index contributed by atoms with van der Waals surface area (Å²) in [7, 11) is 0. The van der Waals surface area contributed by atoms with Gasteiger partial charge in [0.2, 0.25) is 0 Å². The van der Waals surface area contributed by atoms with Gasteiger partial charge in [-0.05, 0) is 48.0 Å². The van der Waals surface area contributed by atoms with E-state index in [0.717, 1.165) is 0 Å². The summed E-state index contributed by atoms with van der Waals surface area (Å²) >= 11 is 15.8. The first-order valence-electron chi connectivity index (χ1n) is 10.1. The highest BCUT2D eigenvalue weighted by Gasteiger charge is 2.37. The predicted molar refractivity (Wildman–Crippen MR) is 131 cm³/mol. The van der Waals surface area contributed by atoms with Crippen molar-refractivity contribution in [2.75, 3.05) is 5.32 Å². The topological polar surface area (TPSA) is 118 Å². The number of rotatable bonds is 5. The van der Waals surface area contributed by atoms with Crippen LogP contribution >= 0.6 is 39.1 Å². The molecule has 0 spiro atoms. The van der Waals surface area contributed by atoms with E-state index in [-0.39, 0.29) is 38.7 Å². The van der Waals surface area contributed by atoms with Crippen LogP contribution in [0.2, 0.25) is 10.0 Å². The van der Waals surface area contributed by atoms with Gasteiger partial charge in [-0.1, -0.05) is 23.2 Å². The number of carbonyl (C=O) groups is 2. The van der Waals surface area contributed by atoms with Gasteiger partial charge in [0, 0.05) is 23.7 Å². The zero-order valence-electron chi connectivity index (χ0n) is 18.3. The molecule has 0 radical (unpaired) electrons. The minimum atomic E-state index is -4.86. The molecule has 4 aromatic rings. The molecule has 0 aliphatic carbocycles. The number of H-pyrrole nitrogens is 1. The lowest BCUT2D eigenvalue weighted by Gasteiger charge is -2.16. The summed E-state index contributed by atoms with van der Waals surface area (Å²) in [6.45, 7) is 3.46. The van der Waals surface area contributed by atoms with E-state index in [4.69, 9.17) is 23.2 Å². The van der Waals surface area contributed by atoms with E-state index in [0.29, 0.717) is 20.7 Å². The van der Waals surface area contributed by atoms with Crippen LogP contribution in [0.15, 0.2) is 35.1 Å². The number of nitrogens with one attached hydrogen (secondary N) is 3. The number of aromatic nitrogens is 5. The van der Waals surface area contributed by atoms with E-state index >= 15 is 0 Å². The summed E-state index contributed by atoms with van der Waals surface area (Å²) in [5.41, 5.74) is -1.95. The van der Waals surface area contributed by atoms with Crippen molar-refractivity contribution in [2.45, 2.75) is 26.1 Å². The molecule has 36 heavy (non-hydrogen) atoms. The molecule has 0 aliphatic rings. The summed E-state index contributed by atoms with van der Waals surface area (Å²) in [5.74, 6) is -1.85. The normalized spacial score (nSPS) is 11.8. The van der Waals surface area contributed by atoms with E-state index in [1.807, 2.05) is 0 Å². The van der Waals surface area contributed by atoms with E-state index in [2.05, 4.69) is 46.8 Å². The van der Waals surface area contributed by atoms with Gasteiger partial charge in [-0.25, -0.2) is 9.67 Å². The van der Waals surface area contributed by atoms with Crippen LogP contribution in [0.5, 0.6) is 0 Å². The van der Waals surface area contributed by atoms with Crippen molar-refractivity contribution in [3.05, 3.63) is 62.1 Å². The minimum Gasteiger partial charge on any atom is -0.350 e. The number of amides is 2. The van der Waals surface area contributed by atoms with Crippen LogP contribution in [0.25, 0.3) is 16.7 Å². The van der Waals surface area contributed by atoms with Gasteiger partial charge in [0.05, 0.1) is 21.3 Å². The molecule has 0 saturated carbocycles. The number of aromatic amines is 1. The average Bonchev–Trinajstić information content (AvgIpc) is 3.38. The summed E-state index contributed by atoms with van der Waals surface area (Å²) < 4.78 is 41.5. The summed E-state index contributed by atoms with van der Waals surface area (Å²) in [6, 6.07) is 4.57. The van der Waals surface area contributed by atoms with Crippen molar-refractivity contribution in [2.24, 2.45) is 0 Å². The fraction of sp³-hybridized carbons (Fsp3) is 0.190. The fourth-order valence-electron chi connectivity index (χ4n) is 3.32. The molecule has 3 N–H and O–H groups in total. The maximum absolute atomic E-state index is 13.5. The molecular weight excluding hydrogens is 590 g/mol. The molecule has 0 fully saturated rings. The van der Waals surface area contributed by atoms with Crippen molar-refractivity contribution >= 4 is 67.5 Å². The maximum atomic E-state index is 13.5. The largest absolute Gasteiger partial charge is 0.435 e. The number of fused-ring (bicyclic) bond motifs is 1. The van der Waals surface area contributed by atoms with Crippen LogP contribution < -0.4 is 10.6 Å². The molecule has 15 heteroatoms. The summed E-state index contributed by atoms with van der Waals surface area (Å²) in [5, 5.41) is 15.8. The van der Waals surface area contributed by atoms with Gasteiger partial charge in [0.15, 0.2) is 11.5 Å². The number of hydrogen-bond donors (Lipinski definition) is 3. The minimum absolute atomic E-state index is 0.0406. The van der Waals surface area contributed by atoms with Gasteiger partial charge in [0.25, 0.3) is 11.8 Å². The molecule has 0 atom stereocenters. The number of pyridine rings is 1. The SMILES string of the molecule is CC(C)NC(=O)c1c(NC(=O)c2cc(C(F)(F)F)nn2-c2ncccc2Cl)c(Cl)cc2c(Br)[nH]nc12. The second kappa shape index (κ2) is 9.71. The lowest BCUT2D eigenvalue weighted by atomic mass is 10.1. The quantitative estimate of drug-likeness (QED) is 0.273. The highest BCUT2D eigenvalue weighted by atomic mass is 79.9. The van der Waals surface area contributed by atoms with Crippen LogP contribution in [0, 0.1) is 0 Å². The van der Waals surface area contributed by atoms with Crippen LogP contribution in [0.3, 0.4) is 0 Å². The Morgan fingerprint density at radius 1 is 1.17 bits per heavy atom. The third kappa shape index (κ3) is 4.90. The molecule has 1 aromatic carbocycles. The number of alkyl halides is 3. The van der Waals surface area contributed by atoms with E-state index < -0.39 is 29.4 Å². The molecule has 0 aliphatic heterocycles. The van der Waals surface area contributed by atoms with Crippen LogP contribution in [-0.2, 0) is 6.18 Å². The zero-order chi connectivity index (χ0) is 26.4. The van der Waals surface area contributed by atoms with Gasteiger partial charge in [-0.15, -0.1) is 0 Å². The number of anilines is 1. The van der Waals surface area contributed by atoms with Crippen LogP contribution in [0.1, 0.15) is 40.4 Å². The molecule has 188 valence electrons. The molecule has 0 saturated heterocycles. The van der Waals surface area contributed by atoms with E-state index in [1.54, 1.807) is 13.8 Å². The molecule has 3 aromatic heterocycles. The van der Waals surface area contributed by atoms with E-state index in [1.165, 1.54) is 24.4 Å². The molecule has 0 bridgehead atoms. The first-order chi connectivity index (χ1) is 16.9. The van der Waals surface area contributed by atoms with Gasteiger partial charge in [-0.3, -0.25) is 14.7 Å². The second-order valence-electron chi connectivity index (χ2n) is 7.76. The fourth-order valence-corrected chi connectivity index (χ4v) is 4.16. The molecule has 2 amide bonds. The number of hydrogen-bond acceptors (Lipinski definition) is 5. The van der Waals surface area contributed by atoms with Crippen molar-refractivity contribution in [1.29, 1.82) is 0 Å². The number of carbonyl (C=O) groups excluding carboxylic acids is 2. The Hall–Kier alpha value is -3.16. The predicted octanol–water partition coefficient (Wildman–Crippen LogP) is 5.62. The number of benzene rings is 1. The Bertz CT molecular complexity index is 1500. The molecule has 9 nitrogen and oxygen atoms in total. The highest BCUT2D eigenvalue weighted by molar-refractivity contribution is 9.10. The van der Waals surface area contributed by atoms with Gasteiger partial charge >= 0.3 is 6.18 Å². The summed E-state index contributed by atoms with van der Waals surface area (Å²) in [4.78, 5) is 30.3. The monoisotopic (exact) mass is 603 g/mol. The Morgan fingerprint density at radius 2 is 1.89 bits per heavy atom. The number of halogens is 6. The van der Waals surface area contributed by atoms with Gasteiger partial charge in [0.1, 0.15) is 15.8 Å². The Labute approximate surface area is 219 Å². The van der Waals surface area contributed by atoms with Crippen LogP contribution in [0.4, 0.5) is 18.9 Å². The smallest absolute Gasteiger partial charge is 0.350 e. The average molecular weight is 605 g/mol. The lowest BCUT2D eigenvalue weighted by Crippen LogP contribution is -2.31. The third-order valence-corrected chi connectivity index (χ3v) is 6.01. The Balaban J connectivity index is 1.86. The standard InChI is InChI=1S/C21H15BrCl2F3N7O2/c1-8(2)29-20(36)14-15-9(17(22)32-31-15)6-11(24)16(14)30-19(35)12-7-13(21(25,26)27)33-34(12)18-10(23)4-3-5-28-18/h3-8H,1-2H3,(H,29,36)(H,30,35)(H,31,32). The number of nitrogens with zero attached hydrogens (tertiary/aromatic N) is 4. The van der Waals surface area contributed by atoms with Gasteiger partial charge in [-0.2, -0.15) is 23.4 Å². The summed E-state index contributed by atoms with van der Waals surface area (Å²) in [6.07, 6.45) is -3.58. The molecule has 0 unspecified atom stereocenters. The Morgan fingerprint density at radius 3 is 2.53 bits per heavy atom. The van der Waals surface area contributed by atoms with Crippen molar-refractivity contribution < 1.29 is 22.8 Å². The zero-order valence-corrected chi connectivity index (χ0v) is 21.4.